The molecule has 0 aliphatic heterocycles. The molecule has 2 rings (SSSR count). The van der Waals surface area contributed by atoms with Crippen LogP contribution in [0.2, 0.25) is 0 Å². The van der Waals surface area contributed by atoms with Gasteiger partial charge in [-0.2, -0.15) is 0 Å². The number of carbonyl (C=O) groups is 1. The smallest absolute Gasteiger partial charge is 0.241 e. The first kappa shape index (κ1) is 20.6. The highest BCUT2D eigenvalue weighted by molar-refractivity contribution is 5.94. The van der Waals surface area contributed by atoms with Crippen molar-refractivity contribution in [2.75, 3.05) is 26.6 Å². The standard InChI is InChI=1S/C20H24F2N2O3/c1-12-8-18(26-4)19(27-5)9-14(12)11-24(3)13(2)20(25)23-17-10-15(21)6-7-16(17)22/h6-10,13H,11H2,1-5H3,(H,23,25)/t13-/m0/s1. The Balaban J connectivity index is 2.12. The molecule has 1 N–H and O–H groups in total. The molecule has 0 spiro atoms. The summed E-state index contributed by atoms with van der Waals surface area (Å²) < 4.78 is 37.6. The Kier molecular flexibility index (Phi) is 6.74. The van der Waals surface area contributed by atoms with Crippen molar-refractivity contribution < 1.29 is 23.0 Å². The lowest BCUT2D eigenvalue weighted by Crippen LogP contribution is -2.39. The van der Waals surface area contributed by atoms with Crippen LogP contribution in [-0.2, 0) is 11.3 Å². The number of hydrogen-bond acceptors (Lipinski definition) is 4. The van der Waals surface area contributed by atoms with Crippen LogP contribution >= 0.6 is 0 Å². The van der Waals surface area contributed by atoms with Gasteiger partial charge in [-0.25, -0.2) is 8.78 Å². The van der Waals surface area contributed by atoms with Crippen LogP contribution in [0, 0.1) is 18.6 Å². The molecule has 2 aromatic carbocycles. The highest BCUT2D eigenvalue weighted by Gasteiger charge is 2.21. The maximum Gasteiger partial charge on any atom is 0.241 e. The Morgan fingerprint density at radius 3 is 2.41 bits per heavy atom. The number of hydrogen-bond donors (Lipinski definition) is 1. The number of ether oxygens (including phenoxy) is 2. The first-order valence-electron chi connectivity index (χ1n) is 8.44. The number of benzene rings is 2. The molecule has 5 nitrogen and oxygen atoms in total. The zero-order valence-electron chi connectivity index (χ0n) is 16.1. The highest BCUT2D eigenvalue weighted by Crippen LogP contribution is 2.31. The summed E-state index contributed by atoms with van der Waals surface area (Å²) in [5.74, 6) is -0.497. The van der Waals surface area contributed by atoms with Crippen LogP contribution in [-0.4, -0.2) is 38.1 Å². The fourth-order valence-electron chi connectivity index (χ4n) is 2.63. The van der Waals surface area contributed by atoms with E-state index in [0.717, 1.165) is 29.3 Å². The van der Waals surface area contributed by atoms with Crippen molar-refractivity contribution in [1.82, 2.24) is 4.90 Å². The second-order valence-electron chi connectivity index (χ2n) is 6.34. The summed E-state index contributed by atoms with van der Waals surface area (Å²) in [4.78, 5) is 14.2. The molecular formula is C20H24F2N2O3. The molecule has 0 aliphatic rings. The van der Waals surface area contributed by atoms with Crippen molar-refractivity contribution >= 4 is 11.6 Å². The van der Waals surface area contributed by atoms with Crippen molar-refractivity contribution in [3.63, 3.8) is 0 Å². The quantitative estimate of drug-likeness (QED) is 0.797. The number of amides is 1. The van der Waals surface area contributed by atoms with E-state index < -0.39 is 23.6 Å². The van der Waals surface area contributed by atoms with Crippen LogP contribution in [0.4, 0.5) is 14.5 Å². The number of methoxy groups -OCH3 is 2. The topological polar surface area (TPSA) is 50.8 Å². The lowest BCUT2D eigenvalue weighted by Gasteiger charge is -2.25. The van der Waals surface area contributed by atoms with E-state index in [-0.39, 0.29) is 5.69 Å². The Hall–Kier alpha value is -2.67. The second kappa shape index (κ2) is 8.81. The lowest BCUT2D eigenvalue weighted by atomic mass is 10.1. The van der Waals surface area contributed by atoms with Crippen LogP contribution in [0.1, 0.15) is 18.1 Å². The van der Waals surface area contributed by atoms with Gasteiger partial charge >= 0.3 is 0 Å². The zero-order chi connectivity index (χ0) is 20.1. The first-order valence-corrected chi connectivity index (χ1v) is 8.44. The maximum atomic E-state index is 13.7. The summed E-state index contributed by atoms with van der Waals surface area (Å²) in [6, 6.07) is 6.10. The molecule has 0 radical (unpaired) electrons. The van der Waals surface area contributed by atoms with Gasteiger partial charge in [-0.15, -0.1) is 0 Å². The van der Waals surface area contributed by atoms with Crippen LogP contribution in [0.25, 0.3) is 0 Å². The third-order valence-electron chi connectivity index (χ3n) is 4.49. The minimum atomic E-state index is -0.685. The van der Waals surface area contributed by atoms with Crippen LogP contribution in [0.15, 0.2) is 30.3 Å². The molecule has 7 heteroatoms. The largest absolute Gasteiger partial charge is 0.493 e. The molecule has 27 heavy (non-hydrogen) atoms. The molecule has 0 aromatic heterocycles. The molecule has 0 aliphatic carbocycles. The van der Waals surface area contributed by atoms with E-state index in [2.05, 4.69) is 5.32 Å². The van der Waals surface area contributed by atoms with Crippen molar-refractivity contribution in [2.45, 2.75) is 26.4 Å². The first-order chi connectivity index (χ1) is 12.8. The van der Waals surface area contributed by atoms with Gasteiger partial charge in [0.2, 0.25) is 5.91 Å². The number of halogens is 2. The Morgan fingerprint density at radius 1 is 1.15 bits per heavy atom. The Labute approximate surface area is 157 Å². The van der Waals surface area contributed by atoms with Gasteiger partial charge in [-0.3, -0.25) is 9.69 Å². The van der Waals surface area contributed by atoms with E-state index in [4.69, 9.17) is 9.47 Å². The monoisotopic (exact) mass is 378 g/mol. The fraction of sp³-hybridized carbons (Fsp3) is 0.350. The molecule has 146 valence electrons. The van der Waals surface area contributed by atoms with Gasteiger partial charge in [0.05, 0.1) is 25.9 Å². The predicted octanol–water partition coefficient (Wildman–Crippen LogP) is 3.75. The normalized spacial score (nSPS) is 12.0. The molecule has 0 fully saturated rings. The molecule has 0 bridgehead atoms. The lowest BCUT2D eigenvalue weighted by molar-refractivity contribution is -0.120. The highest BCUT2D eigenvalue weighted by atomic mass is 19.1. The number of rotatable bonds is 7. The van der Waals surface area contributed by atoms with Crippen LogP contribution < -0.4 is 14.8 Å². The summed E-state index contributed by atoms with van der Waals surface area (Å²) in [5, 5.41) is 2.43. The number of nitrogens with one attached hydrogen (secondary N) is 1. The van der Waals surface area contributed by atoms with Crippen molar-refractivity contribution in [1.29, 1.82) is 0 Å². The second-order valence-corrected chi connectivity index (χ2v) is 6.34. The summed E-state index contributed by atoms with van der Waals surface area (Å²) >= 11 is 0. The fourth-order valence-corrected chi connectivity index (χ4v) is 2.63. The van der Waals surface area contributed by atoms with Gasteiger partial charge in [-0.1, -0.05) is 0 Å². The molecule has 0 unspecified atom stereocenters. The average Bonchev–Trinajstić information content (AvgIpc) is 2.65. The van der Waals surface area contributed by atoms with E-state index in [1.165, 1.54) is 0 Å². The number of nitrogens with zero attached hydrogens (tertiary/aromatic N) is 1. The molecule has 0 heterocycles. The van der Waals surface area contributed by atoms with E-state index >= 15 is 0 Å². The molecule has 0 saturated heterocycles. The van der Waals surface area contributed by atoms with Gasteiger partial charge in [0.15, 0.2) is 11.5 Å². The number of likely N-dealkylation sites (N-methyl/N-ethyl adjacent to an activating group) is 1. The third kappa shape index (κ3) is 4.95. The minimum Gasteiger partial charge on any atom is -0.493 e. The van der Waals surface area contributed by atoms with Gasteiger partial charge in [0.1, 0.15) is 11.6 Å². The van der Waals surface area contributed by atoms with Gasteiger partial charge in [0.25, 0.3) is 0 Å². The molecule has 2 aromatic rings. The third-order valence-corrected chi connectivity index (χ3v) is 4.49. The van der Waals surface area contributed by atoms with E-state index in [1.54, 1.807) is 33.1 Å². The summed E-state index contributed by atoms with van der Waals surface area (Å²) in [5.41, 5.74) is 1.78. The minimum absolute atomic E-state index is 0.178. The summed E-state index contributed by atoms with van der Waals surface area (Å²) in [6.07, 6.45) is 0. The van der Waals surface area contributed by atoms with Crippen LogP contribution in [0.3, 0.4) is 0 Å². The van der Waals surface area contributed by atoms with Gasteiger partial charge < -0.3 is 14.8 Å². The summed E-state index contributed by atoms with van der Waals surface area (Å²) in [6.45, 7) is 4.10. The van der Waals surface area contributed by atoms with Crippen molar-refractivity contribution in [3.8, 4) is 11.5 Å². The number of anilines is 1. The van der Waals surface area contributed by atoms with E-state index in [9.17, 15) is 13.6 Å². The van der Waals surface area contributed by atoms with E-state index in [0.29, 0.717) is 18.0 Å². The SMILES string of the molecule is COc1cc(C)c(CN(C)[C@@H](C)C(=O)Nc2cc(F)ccc2F)cc1OC. The zero-order valence-corrected chi connectivity index (χ0v) is 16.1. The Morgan fingerprint density at radius 2 is 1.78 bits per heavy atom. The predicted molar refractivity (Wildman–Crippen MR) is 100 cm³/mol. The molecule has 1 amide bonds. The molecule has 1 atom stereocenters. The average molecular weight is 378 g/mol. The van der Waals surface area contributed by atoms with Crippen molar-refractivity contribution in [3.05, 3.63) is 53.1 Å². The Bertz CT molecular complexity index is 827. The van der Waals surface area contributed by atoms with Crippen LogP contribution in [0.5, 0.6) is 11.5 Å². The number of aryl methyl sites for hydroxylation is 1. The summed E-state index contributed by atoms with van der Waals surface area (Å²) in [7, 11) is 4.91. The van der Waals surface area contributed by atoms with Gasteiger partial charge in [0, 0.05) is 12.6 Å². The van der Waals surface area contributed by atoms with Crippen molar-refractivity contribution in [2.24, 2.45) is 0 Å². The maximum absolute atomic E-state index is 13.7. The molecular weight excluding hydrogens is 354 g/mol. The van der Waals surface area contributed by atoms with E-state index in [1.807, 2.05) is 19.1 Å². The number of carbonyl (C=O) groups excluding carboxylic acids is 1. The molecule has 0 saturated carbocycles. The van der Waals surface area contributed by atoms with Gasteiger partial charge in [-0.05, 0) is 56.3 Å².